The molecule has 8 nitrogen and oxygen atoms in total. The zero-order valence-corrected chi connectivity index (χ0v) is 15.2. The Morgan fingerprint density at radius 3 is 2.86 bits per heavy atom. The van der Waals surface area contributed by atoms with Crippen LogP contribution in [0.5, 0.6) is 5.75 Å². The van der Waals surface area contributed by atoms with Crippen LogP contribution in [0.15, 0.2) is 28.4 Å². The first-order valence-electron chi connectivity index (χ1n) is 8.15. The third-order valence-corrected chi connectivity index (χ3v) is 4.97. The SMILES string of the molecule is O=C1COc2ccc(CNC(=O)c3nc4scc(C(F)(F)F)c4c(=O)[nH]3)cc2N1. The maximum absolute atomic E-state index is 13.0. The predicted octanol–water partition coefficient (Wildman–Crippen LogP) is 2.26. The first-order valence-corrected chi connectivity index (χ1v) is 9.03. The van der Waals surface area contributed by atoms with Gasteiger partial charge in [0.2, 0.25) is 5.82 Å². The van der Waals surface area contributed by atoms with Gasteiger partial charge in [-0.05, 0) is 17.7 Å². The fourth-order valence-corrected chi connectivity index (χ4v) is 3.72. The van der Waals surface area contributed by atoms with E-state index in [0.29, 0.717) is 28.3 Å². The van der Waals surface area contributed by atoms with Crippen molar-refractivity contribution in [1.82, 2.24) is 15.3 Å². The minimum absolute atomic E-state index is 0.0297. The lowest BCUT2D eigenvalue weighted by Crippen LogP contribution is -2.28. The van der Waals surface area contributed by atoms with Gasteiger partial charge in [-0.1, -0.05) is 6.07 Å². The van der Waals surface area contributed by atoms with Gasteiger partial charge >= 0.3 is 6.18 Å². The Kier molecular flexibility index (Phi) is 4.49. The first kappa shape index (κ1) is 18.9. The number of aromatic nitrogens is 2. The van der Waals surface area contributed by atoms with Crippen molar-refractivity contribution in [2.75, 3.05) is 11.9 Å². The second-order valence-corrected chi connectivity index (χ2v) is 6.95. The van der Waals surface area contributed by atoms with Crippen molar-refractivity contribution in [3.63, 3.8) is 0 Å². The van der Waals surface area contributed by atoms with E-state index in [1.54, 1.807) is 18.2 Å². The van der Waals surface area contributed by atoms with Gasteiger partial charge < -0.3 is 20.4 Å². The third-order valence-electron chi connectivity index (χ3n) is 4.09. The van der Waals surface area contributed by atoms with E-state index in [9.17, 15) is 27.6 Å². The van der Waals surface area contributed by atoms with Crippen LogP contribution in [0.3, 0.4) is 0 Å². The molecule has 0 saturated heterocycles. The molecule has 0 spiro atoms. The normalized spacial score (nSPS) is 13.6. The van der Waals surface area contributed by atoms with Crippen molar-refractivity contribution in [3.8, 4) is 5.75 Å². The minimum atomic E-state index is -4.69. The van der Waals surface area contributed by atoms with Gasteiger partial charge in [0.25, 0.3) is 17.4 Å². The van der Waals surface area contributed by atoms with Gasteiger partial charge in [0.1, 0.15) is 10.6 Å². The van der Waals surface area contributed by atoms with E-state index in [2.05, 4.69) is 20.6 Å². The van der Waals surface area contributed by atoms with Gasteiger partial charge in [0.15, 0.2) is 6.61 Å². The number of aromatic amines is 1. The van der Waals surface area contributed by atoms with E-state index in [-0.39, 0.29) is 23.9 Å². The molecule has 1 aliphatic heterocycles. The maximum atomic E-state index is 13.0. The number of halogens is 3. The molecule has 0 fully saturated rings. The molecule has 0 aliphatic carbocycles. The molecule has 1 aliphatic rings. The second kappa shape index (κ2) is 6.88. The molecule has 1 aromatic carbocycles. The average molecular weight is 424 g/mol. The third kappa shape index (κ3) is 3.66. The maximum Gasteiger partial charge on any atom is 0.418 e. The fraction of sp³-hybridized carbons (Fsp3) is 0.176. The molecule has 0 atom stereocenters. The molecule has 4 rings (SSSR count). The molecular weight excluding hydrogens is 413 g/mol. The number of H-pyrrole nitrogens is 1. The van der Waals surface area contributed by atoms with Crippen molar-refractivity contribution >= 4 is 39.1 Å². The Morgan fingerprint density at radius 2 is 2.10 bits per heavy atom. The fourth-order valence-electron chi connectivity index (χ4n) is 2.77. The number of amides is 2. The van der Waals surface area contributed by atoms with E-state index in [1.807, 2.05) is 0 Å². The topological polar surface area (TPSA) is 113 Å². The lowest BCUT2D eigenvalue weighted by Gasteiger charge is -2.18. The molecule has 3 N–H and O–H groups in total. The minimum Gasteiger partial charge on any atom is -0.482 e. The smallest absolute Gasteiger partial charge is 0.418 e. The van der Waals surface area contributed by atoms with Crippen LogP contribution in [0.2, 0.25) is 0 Å². The summed E-state index contributed by atoms with van der Waals surface area (Å²) in [7, 11) is 0. The Bertz CT molecular complexity index is 1200. The molecule has 0 radical (unpaired) electrons. The number of thiophene rings is 1. The van der Waals surface area contributed by atoms with Crippen LogP contribution in [-0.2, 0) is 17.5 Å². The summed E-state index contributed by atoms with van der Waals surface area (Å²) in [6.07, 6.45) is -4.69. The number of hydrogen-bond acceptors (Lipinski definition) is 6. The van der Waals surface area contributed by atoms with Gasteiger partial charge in [-0.2, -0.15) is 13.2 Å². The van der Waals surface area contributed by atoms with Gasteiger partial charge in [0, 0.05) is 11.9 Å². The summed E-state index contributed by atoms with van der Waals surface area (Å²) in [4.78, 5) is 41.5. The summed E-state index contributed by atoms with van der Waals surface area (Å²) in [5, 5.41) is 5.35. The Labute approximate surface area is 163 Å². The lowest BCUT2D eigenvalue weighted by molar-refractivity contribution is -0.136. The zero-order valence-electron chi connectivity index (χ0n) is 14.3. The Balaban J connectivity index is 1.53. The molecule has 3 aromatic rings. The van der Waals surface area contributed by atoms with E-state index >= 15 is 0 Å². The van der Waals surface area contributed by atoms with E-state index < -0.39 is 34.4 Å². The number of alkyl halides is 3. The van der Waals surface area contributed by atoms with Crippen LogP contribution in [0.4, 0.5) is 18.9 Å². The molecule has 3 heterocycles. The van der Waals surface area contributed by atoms with Crippen LogP contribution in [0.1, 0.15) is 21.7 Å². The van der Waals surface area contributed by atoms with E-state index in [1.165, 1.54) is 0 Å². The summed E-state index contributed by atoms with van der Waals surface area (Å²) < 4.78 is 44.1. The first-order chi connectivity index (χ1) is 13.7. The molecular formula is C17H11F3N4O4S. The van der Waals surface area contributed by atoms with Crippen molar-refractivity contribution in [2.45, 2.75) is 12.7 Å². The quantitative estimate of drug-likeness (QED) is 0.597. The van der Waals surface area contributed by atoms with Gasteiger partial charge in [-0.3, -0.25) is 14.4 Å². The number of ether oxygens (including phenoxy) is 1. The predicted molar refractivity (Wildman–Crippen MR) is 97.0 cm³/mol. The van der Waals surface area contributed by atoms with Gasteiger partial charge in [-0.25, -0.2) is 4.98 Å². The van der Waals surface area contributed by atoms with Crippen molar-refractivity contribution < 1.29 is 27.5 Å². The van der Waals surface area contributed by atoms with Crippen molar-refractivity contribution in [1.29, 1.82) is 0 Å². The molecule has 29 heavy (non-hydrogen) atoms. The van der Waals surface area contributed by atoms with E-state index in [0.717, 1.165) is 5.38 Å². The number of rotatable bonds is 3. The molecule has 2 aromatic heterocycles. The highest BCUT2D eigenvalue weighted by atomic mass is 32.1. The number of hydrogen-bond donors (Lipinski definition) is 3. The summed E-state index contributed by atoms with van der Waals surface area (Å²) in [5.41, 5.74) is -1.04. The van der Waals surface area contributed by atoms with Crippen LogP contribution in [0.25, 0.3) is 10.2 Å². The summed E-state index contributed by atoms with van der Waals surface area (Å²) in [6.45, 7) is -0.0503. The van der Waals surface area contributed by atoms with Crippen molar-refractivity contribution in [2.24, 2.45) is 0 Å². The van der Waals surface area contributed by atoms with Crippen LogP contribution >= 0.6 is 11.3 Å². The highest BCUT2D eigenvalue weighted by Gasteiger charge is 2.35. The lowest BCUT2D eigenvalue weighted by atomic mass is 10.1. The largest absolute Gasteiger partial charge is 0.482 e. The number of carbonyl (C=O) groups is 2. The average Bonchev–Trinajstić information content (AvgIpc) is 3.11. The monoisotopic (exact) mass is 424 g/mol. The van der Waals surface area contributed by atoms with Crippen LogP contribution < -0.4 is 20.9 Å². The molecule has 0 saturated carbocycles. The molecule has 12 heteroatoms. The highest BCUT2D eigenvalue weighted by Crippen LogP contribution is 2.36. The number of carbonyl (C=O) groups excluding carboxylic acids is 2. The number of nitrogens with zero attached hydrogens (tertiary/aromatic N) is 1. The molecule has 150 valence electrons. The van der Waals surface area contributed by atoms with Crippen LogP contribution in [-0.4, -0.2) is 28.4 Å². The summed E-state index contributed by atoms with van der Waals surface area (Å²) in [6, 6.07) is 4.92. The Hall–Kier alpha value is -3.41. The van der Waals surface area contributed by atoms with E-state index in [4.69, 9.17) is 4.74 Å². The second-order valence-electron chi connectivity index (χ2n) is 6.09. The zero-order chi connectivity index (χ0) is 20.8. The number of benzene rings is 1. The van der Waals surface area contributed by atoms with Crippen molar-refractivity contribution in [3.05, 3.63) is 50.9 Å². The number of nitrogens with one attached hydrogen (secondary N) is 3. The summed E-state index contributed by atoms with van der Waals surface area (Å²) in [5.74, 6) is -0.964. The standard InChI is InChI=1S/C17H11F3N4O4S/c18-17(19,20)8-6-29-16-12(8)14(26)23-13(24-16)15(27)21-4-7-1-2-10-9(3-7)22-11(25)5-28-10/h1-3,6H,4-5H2,(H,21,27)(H,22,25)(H,23,24,26). The molecule has 0 bridgehead atoms. The Morgan fingerprint density at radius 1 is 1.31 bits per heavy atom. The number of anilines is 1. The van der Waals surface area contributed by atoms with Gasteiger partial charge in [-0.15, -0.1) is 11.3 Å². The van der Waals surface area contributed by atoms with Crippen LogP contribution in [0, 0.1) is 0 Å². The summed E-state index contributed by atoms with van der Waals surface area (Å²) >= 11 is 0.631. The highest BCUT2D eigenvalue weighted by molar-refractivity contribution is 7.16. The molecule has 2 amide bonds. The molecule has 0 unspecified atom stereocenters. The van der Waals surface area contributed by atoms with Gasteiger partial charge in [0.05, 0.1) is 16.6 Å². The number of fused-ring (bicyclic) bond motifs is 2.